The highest BCUT2D eigenvalue weighted by Gasteiger charge is 2.16. The van der Waals surface area contributed by atoms with Crippen molar-refractivity contribution in [1.82, 2.24) is 0 Å². The molecule has 0 aromatic rings. The highest BCUT2D eigenvalue weighted by molar-refractivity contribution is 4.63. The maximum Gasteiger partial charge on any atom is 0.206 e. The van der Waals surface area contributed by atoms with Gasteiger partial charge in [-0.2, -0.15) is 0 Å². The average Bonchev–Trinajstić information content (AvgIpc) is 2.34. The molecule has 0 amide bonds. The molecule has 0 aliphatic carbocycles. The van der Waals surface area contributed by atoms with Crippen LogP contribution in [-0.2, 0) is 4.74 Å². The molecule has 4 heteroatoms. The van der Waals surface area contributed by atoms with Crippen molar-refractivity contribution in [1.29, 1.82) is 0 Å². The number of nitro groups is 1. The van der Waals surface area contributed by atoms with Crippen molar-refractivity contribution in [3.05, 3.63) is 10.1 Å². The molecule has 0 radical (unpaired) electrons. The van der Waals surface area contributed by atoms with Crippen LogP contribution in [0.1, 0.15) is 19.3 Å². The lowest BCUT2D eigenvalue weighted by Crippen LogP contribution is -2.11. The van der Waals surface area contributed by atoms with Crippen LogP contribution in [0, 0.1) is 10.1 Å². The standard InChI is InChI=1S/C6H11NO3/c8-7(9)4-3-6-2-1-5-10-6/h6H,1-5H2. The molecular weight excluding hydrogens is 134 g/mol. The van der Waals surface area contributed by atoms with Gasteiger partial charge in [0.05, 0.1) is 6.10 Å². The zero-order chi connectivity index (χ0) is 7.40. The second-order valence-electron chi connectivity index (χ2n) is 2.48. The van der Waals surface area contributed by atoms with Crippen LogP contribution in [0.4, 0.5) is 0 Å². The molecule has 1 aliphatic rings. The van der Waals surface area contributed by atoms with E-state index >= 15 is 0 Å². The second kappa shape index (κ2) is 3.51. The van der Waals surface area contributed by atoms with Crippen LogP contribution >= 0.6 is 0 Å². The fraction of sp³-hybridized carbons (Fsp3) is 1.00. The Bertz CT molecular complexity index is 120. The van der Waals surface area contributed by atoms with E-state index in [0.29, 0.717) is 6.42 Å². The van der Waals surface area contributed by atoms with Crippen LogP contribution in [-0.4, -0.2) is 24.2 Å². The first-order valence-electron chi connectivity index (χ1n) is 3.52. The number of ether oxygens (including phenoxy) is 1. The molecule has 0 bridgehead atoms. The summed E-state index contributed by atoms with van der Waals surface area (Å²) < 4.78 is 5.20. The summed E-state index contributed by atoms with van der Waals surface area (Å²) in [6, 6.07) is 0. The van der Waals surface area contributed by atoms with E-state index < -0.39 is 0 Å². The minimum absolute atomic E-state index is 0.0463. The normalized spacial score (nSPS) is 25.0. The van der Waals surface area contributed by atoms with Gasteiger partial charge in [0.1, 0.15) is 0 Å². The molecule has 10 heavy (non-hydrogen) atoms. The molecule has 0 saturated carbocycles. The van der Waals surface area contributed by atoms with Crippen LogP contribution in [0.5, 0.6) is 0 Å². The third-order valence-corrected chi connectivity index (χ3v) is 1.66. The molecule has 4 nitrogen and oxygen atoms in total. The number of rotatable bonds is 3. The topological polar surface area (TPSA) is 52.4 Å². The summed E-state index contributed by atoms with van der Waals surface area (Å²) >= 11 is 0. The van der Waals surface area contributed by atoms with Crippen LogP contribution in [0.25, 0.3) is 0 Å². The van der Waals surface area contributed by atoms with Crippen LogP contribution < -0.4 is 0 Å². The SMILES string of the molecule is O=[N+]([O-])CCC1CCCO1. The van der Waals surface area contributed by atoms with E-state index in [4.69, 9.17) is 4.74 Å². The Hall–Kier alpha value is -0.640. The van der Waals surface area contributed by atoms with Gasteiger partial charge in [0.15, 0.2) is 0 Å². The summed E-state index contributed by atoms with van der Waals surface area (Å²) in [7, 11) is 0. The van der Waals surface area contributed by atoms with Crippen molar-refractivity contribution in [2.75, 3.05) is 13.2 Å². The third-order valence-electron chi connectivity index (χ3n) is 1.66. The summed E-state index contributed by atoms with van der Waals surface area (Å²) in [5.41, 5.74) is 0. The zero-order valence-electron chi connectivity index (χ0n) is 5.78. The molecular formula is C6H11NO3. The van der Waals surface area contributed by atoms with Gasteiger partial charge in [-0.3, -0.25) is 10.1 Å². The minimum Gasteiger partial charge on any atom is -0.378 e. The molecule has 0 N–H and O–H groups in total. The van der Waals surface area contributed by atoms with E-state index in [1.807, 2.05) is 0 Å². The molecule has 1 saturated heterocycles. The molecule has 1 rings (SSSR count). The van der Waals surface area contributed by atoms with Gasteiger partial charge in [0, 0.05) is 18.0 Å². The van der Waals surface area contributed by atoms with Crippen molar-refractivity contribution in [2.24, 2.45) is 0 Å². The van der Waals surface area contributed by atoms with Gasteiger partial charge in [-0.1, -0.05) is 0 Å². The summed E-state index contributed by atoms with van der Waals surface area (Å²) in [5.74, 6) is 0. The number of nitrogens with zero attached hydrogens (tertiary/aromatic N) is 1. The Labute approximate surface area is 59.3 Å². The molecule has 1 heterocycles. The fourth-order valence-corrected chi connectivity index (χ4v) is 1.12. The summed E-state index contributed by atoms with van der Waals surface area (Å²) in [6.45, 7) is 0.826. The Morgan fingerprint density at radius 3 is 3.00 bits per heavy atom. The first-order chi connectivity index (χ1) is 4.79. The lowest BCUT2D eigenvalue weighted by atomic mass is 10.2. The molecule has 1 unspecified atom stereocenters. The van der Waals surface area contributed by atoms with Crippen molar-refractivity contribution in [3.63, 3.8) is 0 Å². The number of hydrogen-bond acceptors (Lipinski definition) is 3. The van der Waals surface area contributed by atoms with Gasteiger partial charge < -0.3 is 4.74 Å². The van der Waals surface area contributed by atoms with Crippen LogP contribution in [0.3, 0.4) is 0 Å². The van der Waals surface area contributed by atoms with Gasteiger partial charge in [-0.15, -0.1) is 0 Å². The predicted molar refractivity (Wildman–Crippen MR) is 35.5 cm³/mol. The highest BCUT2D eigenvalue weighted by Crippen LogP contribution is 2.14. The van der Waals surface area contributed by atoms with Crippen molar-refractivity contribution >= 4 is 0 Å². The largest absolute Gasteiger partial charge is 0.378 e. The van der Waals surface area contributed by atoms with E-state index in [9.17, 15) is 10.1 Å². The quantitative estimate of drug-likeness (QED) is 0.436. The van der Waals surface area contributed by atoms with Crippen LogP contribution in [0.15, 0.2) is 0 Å². The fourth-order valence-electron chi connectivity index (χ4n) is 1.12. The maximum atomic E-state index is 9.91. The summed E-state index contributed by atoms with van der Waals surface area (Å²) in [5, 5.41) is 9.91. The molecule has 0 spiro atoms. The molecule has 58 valence electrons. The second-order valence-corrected chi connectivity index (χ2v) is 2.48. The lowest BCUT2D eigenvalue weighted by Gasteiger charge is -2.03. The third kappa shape index (κ3) is 2.31. The predicted octanol–water partition coefficient (Wildman–Crippen LogP) is 0.832. The molecule has 0 aromatic carbocycles. The van der Waals surface area contributed by atoms with E-state index in [0.717, 1.165) is 19.4 Å². The van der Waals surface area contributed by atoms with Gasteiger partial charge in [0.2, 0.25) is 6.54 Å². The van der Waals surface area contributed by atoms with E-state index in [2.05, 4.69) is 0 Å². The van der Waals surface area contributed by atoms with E-state index in [1.54, 1.807) is 0 Å². The van der Waals surface area contributed by atoms with Crippen molar-refractivity contribution < 1.29 is 9.66 Å². The molecule has 1 fully saturated rings. The zero-order valence-corrected chi connectivity index (χ0v) is 5.78. The maximum absolute atomic E-state index is 9.91. The number of hydrogen-bond donors (Lipinski definition) is 0. The first-order valence-corrected chi connectivity index (χ1v) is 3.52. The first kappa shape index (κ1) is 7.47. The smallest absolute Gasteiger partial charge is 0.206 e. The van der Waals surface area contributed by atoms with Crippen LogP contribution in [0.2, 0.25) is 0 Å². The van der Waals surface area contributed by atoms with Gasteiger partial charge in [-0.25, -0.2) is 0 Å². The highest BCUT2D eigenvalue weighted by atomic mass is 16.6. The Balaban J connectivity index is 2.07. The van der Waals surface area contributed by atoms with Gasteiger partial charge >= 0.3 is 0 Å². The average molecular weight is 145 g/mol. The minimum atomic E-state index is -0.290. The van der Waals surface area contributed by atoms with E-state index in [1.165, 1.54) is 0 Å². The Kier molecular flexibility index (Phi) is 2.62. The van der Waals surface area contributed by atoms with Crippen molar-refractivity contribution in [3.8, 4) is 0 Å². The Morgan fingerprint density at radius 2 is 2.50 bits per heavy atom. The monoisotopic (exact) mass is 145 g/mol. The Morgan fingerprint density at radius 1 is 1.70 bits per heavy atom. The molecule has 0 aromatic heterocycles. The van der Waals surface area contributed by atoms with Gasteiger partial charge in [0.25, 0.3) is 0 Å². The molecule has 1 atom stereocenters. The van der Waals surface area contributed by atoms with E-state index in [-0.39, 0.29) is 17.6 Å². The summed E-state index contributed by atoms with van der Waals surface area (Å²) in [4.78, 5) is 9.62. The van der Waals surface area contributed by atoms with Gasteiger partial charge in [-0.05, 0) is 12.8 Å². The molecule has 1 aliphatic heterocycles. The lowest BCUT2D eigenvalue weighted by molar-refractivity contribution is -0.482. The van der Waals surface area contributed by atoms with Crippen molar-refractivity contribution in [2.45, 2.75) is 25.4 Å². The summed E-state index contributed by atoms with van der Waals surface area (Å²) in [6.07, 6.45) is 2.79.